The van der Waals surface area contributed by atoms with Gasteiger partial charge in [0.05, 0.1) is 14.2 Å². The number of methoxy groups -OCH3 is 2. The van der Waals surface area contributed by atoms with Crippen molar-refractivity contribution in [1.29, 1.82) is 0 Å². The zero-order valence-electron chi connectivity index (χ0n) is 20.2. The lowest BCUT2D eigenvalue weighted by molar-refractivity contribution is -0.128. The quantitative estimate of drug-likeness (QED) is 0.622. The van der Waals surface area contributed by atoms with Crippen LogP contribution >= 0.6 is 0 Å². The molecule has 8 heteroatoms. The number of piperidine rings is 1. The summed E-state index contributed by atoms with van der Waals surface area (Å²) in [4.78, 5) is 39.5. The number of hydrogen-bond acceptors (Lipinski definition) is 5. The van der Waals surface area contributed by atoms with Crippen molar-refractivity contribution in [1.82, 2.24) is 15.5 Å². The maximum absolute atomic E-state index is 13.1. The minimum Gasteiger partial charge on any atom is -0.497 e. The van der Waals surface area contributed by atoms with Crippen LogP contribution in [0.3, 0.4) is 0 Å². The number of aryl methyl sites for hydroxylation is 1. The normalized spacial score (nSPS) is 14.8. The topological polar surface area (TPSA) is 97.0 Å². The van der Waals surface area contributed by atoms with Crippen LogP contribution in [0.2, 0.25) is 0 Å². The Labute approximate surface area is 200 Å². The molecule has 1 aliphatic rings. The van der Waals surface area contributed by atoms with E-state index in [0.717, 1.165) is 11.1 Å². The molecule has 182 valence electrons. The number of hydrogen-bond donors (Lipinski definition) is 2. The maximum Gasteiger partial charge on any atom is 0.253 e. The van der Waals surface area contributed by atoms with Gasteiger partial charge >= 0.3 is 0 Å². The Morgan fingerprint density at radius 2 is 1.68 bits per heavy atom. The fourth-order valence-electron chi connectivity index (χ4n) is 4.16. The molecule has 0 spiro atoms. The van der Waals surface area contributed by atoms with Gasteiger partial charge < -0.3 is 25.0 Å². The van der Waals surface area contributed by atoms with Gasteiger partial charge in [-0.25, -0.2) is 0 Å². The highest BCUT2D eigenvalue weighted by atomic mass is 16.5. The van der Waals surface area contributed by atoms with Crippen LogP contribution in [0.1, 0.15) is 41.3 Å². The number of nitrogens with zero attached hydrogens (tertiary/aromatic N) is 1. The summed E-state index contributed by atoms with van der Waals surface area (Å²) in [6.45, 7) is 4.48. The highest BCUT2D eigenvalue weighted by Crippen LogP contribution is 2.23. The lowest BCUT2D eigenvalue weighted by Crippen LogP contribution is -2.53. The monoisotopic (exact) mass is 467 g/mol. The number of amides is 3. The predicted octanol–water partition coefficient (Wildman–Crippen LogP) is 2.48. The van der Waals surface area contributed by atoms with E-state index in [-0.39, 0.29) is 23.8 Å². The Morgan fingerprint density at radius 1 is 1.03 bits per heavy atom. The number of rotatable bonds is 8. The van der Waals surface area contributed by atoms with E-state index in [1.54, 1.807) is 20.3 Å². The van der Waals surface area contributed by atoms with Crippen molar-refractivity contribution in [3.05, 3.63) is 59.2 Å². The van der Waals surface area contributed by atoms with Crippen LogP contribution in [0, 0.1) is 6.92 Å². The second kappa shape index (κ2) is 11.5. The average Bonchev–Trinajstić information content (AvgIpc) is 2.83. The van der Waals surface area contributed by atoms with Crippen molar-refractivity contribution < 1.29 is 23.9 Å². The van der Waals surface area contributed by atoms with Gasteiger partial charge in [0.1, 0.15) is 17.5 Å². The van der Waals surface area contributed by atoms with Gasteiger partial charge in [0.2, 0.25) is 11.8 Å². The molecule has 1 fully saturated rings. The van der Waals surface area contributed by atoms with Gasteiger partial charge in [0, 0.05) is 44.1 Å². The van der Waals surface area contributed by atoms with Crippen molar-refractivity contribution in [2.75, 3.05) is 27.3 Å². The maximum atomic E-state index is 13.1. The van der Waals surface area contributed by atoms with Gasteiger partial charge in [0.15, 0.2) is 0 Å². The van der Waals surface area contributed by atoms with E-state index in [9.17, 15) is 14.4 Å². The summed E-state index contributed by atoms with van der Waals surface area (Å²) >= 11 is 0. The zero-order chi connectivity index (χ0) is 24.7. The summed E-state index contributed by atoms with van der Waals surface area (Å²) in [5.74, 6) is 0.703. The third-order valence-electron chi connectivity index (χ3n) is 5.94. The molecule has 3 amide bonds. The molecule has 34 heavy (non-hydrogen) atoms. The summed E-state index contributed by atoms with van der Waals surface area (Å²) in [6.07, 6.45) is 1.61. The minimum absolute atomic E-state index is 0.0107. The third kappa shape index (κ3) is 6.73. The summed E-state index contributed by atoms with van der Waals surface area (Å²) in [5.41, 5.74) is 2.54. The first kappa shape index (κ1) is 25.1. The number of ether oxygens (including phenoxy) is 2. The van der Waals surface area contributed by atoms with E-state index < -0.39 is 6.04 Å². The number of carbonyl (C=O) groups excluding carboxylic acids is 3. The van der Waals surface area contributed by atoms with Crippen molar-refractivity contribution in [2.45, 2.75) is 45.2 Å². The Kier molecular flexibility index (Phi) is 8.51. The van der Waals surface area contributed by atoms with Gasteiger partial charge in [-0.2, -0.15) is 0 Å². The summed E-state index contributed by atoms with van der Waals surface area (Å²) in [5, 5.41) is 5.81. The van der Waals surface area contributed by atoms with Crippen molar-refractivity contribution in [3.63, 3.8) is 0 Å². The first-order valence-electron chi connectivity index (χ1n) is 11.4. The average molecular weight is 468 g/mol. The summed E-state index contributed by atoms with van der Waals surface area (Å²) < 4.78 is 10.6. The molecular weight excluding hydrogens is 434 g/mol. The van der Waals surface area contributed by atoms with E-state index in [0.29, 0.717) is 49.4 Å². The second-order valence-corrected chi connectivity index (χ2v) is 8.62. The number of benzene rings is 2. The van der Waals surface area contributed by atoms with Gasteiger partial charge in [-0.3, -0.25) is 14.4 Å². The van der Waals surface area contributed by atoms with Crippen molar-refractivity contribution in [2.24, 2.45) is 0 Å². The zero-order valence-corrected chi connectivity index (χ0v) is 20.2. The molecule has 0 bridgehead atoms. The Balaban J connectivity index is 1.61. The highest BCUT2D eigenvalue weighted by molar-refractivity contribution is 5.94. The van der Waals surface area contributed by atoms with Crippen LogP contribution in [-0.4, -0.2) is 62.0 Å². The van der Waals surface area contributed by atoms with E-state index in [2.05, 4.69) is 10.6 Å². The predicted molar refractivity (Wildman–Crippen MR) is 129 cm³/mol. The molecule has 2 aromatic rings. The SMILES string of the molecule is COc1cc(C[C@H](NC(C)=O)C(=O)NC2CCN(C(=O)c3cccc(C)c3)CC2)cc(OC)c1. The smallest absolute Gasteiger partial charge is 0.253 e. The first-order valence-corrected chi connectivity index (χ1v) is 11.4. The Morgan fingerprint density at radius 3 is 2.24 bits per heavy atom. The van der Waals surface area contributed by atoms with E-state index in [1.165, 1.54) is 6.92 Å². The molecule has 2 N–H and O–H groups in total. The van der Waals surface area contributed by atoms with E-state index in [1.807, 2.05) is 48.2 Å². The third-order valence-corrected chi connectivity index (χ3v) is 5.94. The molecule has 0 aliphatic carbocycles. The van der Waals surface area contributed by atoms with Gasteiger partial charge in [-0.05, 0) is 49.6 Å². The van der Waals surface area contributed by atoms with Crippen LogP contribution in [-0.2, 0) is 16.0 Å². The summed E-state index contributed by atoms with van der Waals surface area (Å²) in [7, 11) is 3.12. The highest BCUT2D eigenvalue weighted by Gasteiger charge is 2.28. The van der Waals surface area contributed by atoms with Crippen LogP contribution < -0.4 is 20.1 Å². The molecular formula is C26H33N3O5. The van der Waals surface area contributed by atoms with Crippen LogP contribution in [0.15, 0.2) is 42.5 Å². The van der Waals surface area contributed by atoms with Crippen molar-refractivity contribution in [3.8, 4) is 11.5 Å². The molecule has 1 atom stereocenters. The fraction of sp³-hybridized carbons (Fsp3) is 0.423. The number of carbonyl (C=O) groups is 3. The molecule has 0 saturated carbocycles. The molecule has 8 nitrogen and oxygen atoms in total. The number of nitrogens with one attached hydrogen (secondary N) is 2. The Bertz CT molecular complexity index is 1010. The second-order valence-electron chi connectivity index (χ2n) is 8.62. The molecule has 1 aliphatic heterocycles. The summed E-state index contributed by atoms with van der Waals surface area (Å²) in [6, 6.07) is 12.2. The lowest BCUT2D eigenvalue weighted by atomic mass is 10.0. The van der Waals surface area contributed by atoms with Gasteiger partial charge in [0.25, 0.3) is 5.91 Å². The first-order chi connectivity index (χ1) is 16.3. The van der Waals surface area contributed by atoms with E-state index >= 15 is 0 Å². The fourth-order valence-corrected chi connectivity index (χ4v) is 4.16. The van der Waals surface area contributed by atoms with Gasteiger partial charge in [-0.15, -0.1) is 0 Å². The van der Waals surface area contributed by atoms with E-state index in [4.69, 9.17) is 9.47 Å². The van der Waals surface area contributed by atoms with Crippen molar-refractivity contribution >= 4 is 17.7 Å². The standard InChI is InChI=1S/C26H33N3O5/c1-17-6-5-7-20(12-17)26(32)29-10-8-21(9-11-29)28-25(31)24(27-18(2)30)15-19-13-22(33-3)16-23(14-19)34-4/h5-7,12-14,16,21,24H,8-11,15H2,1-4H3,(H,27,30)(H,28,31)/t24-/m0/s1. The lowest BCUT2D eigenvalue weighted by Gasteiger charge is -2.33. The molecule has 0 radical (unpaired) electrons. The van der Waals surface area contributed by atoms with Crippen LogP contribution in [0.25, 0.3) is 0 Å². The molecule has 0 unspecified atom stereocenters. The molecule has 1 saturated heterocycles. The molecule has 0 aromatic heterocycles. The molecule has 1 heterocycles. The minimum atomic E-state index is -0.735. The molecule has 2 aromatic carbocycles. The molecule has 3 rings (SSSR count). The number of likely N-dealkylation sites (tertiary alicyclic amines) is 1. The van der Waals surface area contributed by atoms with Crippen LogP contribution in [0.4, 0.5) is 0 Å². The van der Waals surface area contributed by atoms with Crippen LogP contribution in [0.5, 0.6) is 11.5 Å². The largest absolute Gasteiger partial charge is 0.497 e. The Hall–Kier alpha value is -3.55. The van der Waals surface area contributed by atoms with Gasteiger partial charge in [-0.1, -0.05) is 17.7 Å².